The van der Waals surface area contributed by atoms with Crippen LogP contribution in [0.1, 0.15) is 17.0 Å². The van der Waals surface area contributed by atoms with Crippen LogP contribution in [-0.2, 0) is 0 Å². The number of aromatic nitrogens is 2. The number of nitrogens with zero attached hydrogens (tertiary/aromatic N) is 3. The molecule has 0 aliphatic carbocycles. The molecule has 0 saturated carbocycles. The normalized spacial score (nSPS) is 10.1. The molecule has 96 valence electrons. The van der Waals surface area contributed by atoms with Crippen molar-refractivity contribution < 1.29 is 0 Å². The summed E-state index contributed by atoms with van der Waals surface area (Å²) >= 11 is 9.42. The van der Waals surface area contributed by atoms with E-state index in [0.29, 0.717) is 17.1 Å². The van der Waals surface area contributed by atoms with E-state index >= 15 is 0 Å². The molecule has 0 bridgehead atoms. The summed E-state index contributed by atoms with van der Waals surface area (Å²) in [6.07, 6.45) is 0. The Kier molecular flexibility index (Phi) is 4.03. The largest absolute Gasteiger partial charge is 0.337 e. The molecule has 0 spiro atoms. The van der Waals surface area contributed by atoms with Crippen molar-refractivity contribution in [2.45, 2.75) is 13.8 Å². The van der Waals surface area contributed by atoms with Crippen LogP contribution in [0.2, 0.25) is 5.15 Å². The van der Waals surface area contributed by atoms with Gasteiger partial charge in [-0.05, 0) is 32.0 Å². The Labute approximate surface area is 124 Å². The van der Waals surface area contributed by atoms with Gasteiger partial charge >= 0.3 is 0 Å². The number of rotatable bonds is 2. The summed E-state index contributed by atoms with van der Waals surface area (Å²) in [6.45, 7) is 3.70. The zero-order valence-corrected chi connectivity index (χ0v) is 12.7. The van der Waals surface area contributed by atoms with Gasteiger partial charge in [-0.2, -0.15) is 5.26 Å². The highest BCUT2D eigenvalue weighted by Gasteiger charge is 2.10. The fraction of sp³-hybridized carbons (Fsp3) is 0.154. The SMILES string of the molecule is Cc1nc(Cl)c(Nc2cc(Br)ccc2C#N)nc1C. The summed E-state index contributed by atoms with van der Waals surface area (Å²) in [4.78, 5) is 8.54. The maximum Gasteiger partial charge on any atom is 0.172 e. The molecule has 1 heterocycles. The predicted molar refractivity (Wildman–Crippen MR) is 78.7 cm³/mol. The zero-order valence-electron chi connectivity index (χ0n) is 10.3. The van der Waals surface area contributed by atoms with Gasteiger partial charge in [-0.1, -0.05) is 27.5 Å². The molecule has 4 nitrogen and oxygen atoms in total. The van der Waals surface area contributed by atoms with Crippen LogP contribution in [-0.4, -0.2) is 9.97 Å². The highest BCUT2D eigenvalue weighted by Crippen LogP contribution is 2.27. The van der Waals surface area contributed by atoms with Crippen LogP contribution >= 0.6 is 27.5 Å². The molecular formula is C13H10BrClN4. The van der Waals surface area contributed by atoms with E-state index in [-0.39, 0.29) is 5.15 Å². The Balaban J connectivity index is 2.45. The van der Waals surface area contributed by atoms with Gasteiger partial charge in [-0.3, -0.25) is 0 Å². The smallest absolute Gasteiger partial charge is 0.172 e. The lowest BCUT2D eigenvalue weighted by molar-refractivity contribution is 1.05. The molecule has 1 N–H and O–H groups in total. The maximum absolute atomic E-state index is 9.08. The summed E-state index contributed by atoms with van der Waals surface area (Å²) in [6, 6.07) is 7.43. The number of anilines is 2. The van der Waals surface area contributed by atoms with Gasteiger partial charge in [-0.15, -0.1) is 0 Å². The Morgan fingerprint density at radius 1 is 1.26 bits per heavy atom. The fourth-order valence-corrected chi connectivity index (χ4v) is 2.08. The number of hydrogen-bond acceptors (Lipinski definition) is 4. The van der Waals surface area contributed by atoms with E-state index in [2.05, 4.69) is 37.3 Å². The van der Waals surface area contributed by atoms with Gasteiger partial charge in [0.2, 0.25) is 0 Å². The fourth-order valence-electron chi connectivity index (χ4n) is 1.50. The van der Waals surface area contributed by atoms with Crippen molar-refractivity contribution in [2.75, 3.05) is 5.32 Å². The van der Waals surface area contributed by atoms with Crippen molar-refractivity contribution >= 4 is 39.0 Å². The molecule has 19 heavy (non-hydrogen) atoms. The molecule has 0 unspecified atom stereocenters. The van der Waals surface area contributed by atoms with Gasteiger partial charge in [0.25, 0.3) is 0 Å². The number of hydrogen-bond donors (Lipinski definition) is 1. The van der Waals surface area contributed by atoms with E-state index < -0.39 is 0 Å². The van der Waals surface area contributed by atoms with E-state index in [1.165, 1.54) is 0 Å². The third-order valence-electron chi connectivity index (χ3n) is 2.62. The molecule has 0 saturated heterocycles. The molecule has 0 aliphatic heterocycles. The maximum atomic E-state index is 9.08. The van der Waals surface area contributed by atoms with Crippen molar-refractivity contribution in [3.63, 3.8) is 0 Å². The summed E-state index contributed by atoms with van der Waals surface area (Å²) in [5.74, 6) is 0.444. The quantitative estimate of drug-likeness (QED) is 0.895. The molecule has 0 aliphatic rings. The summed E-state index contributed by atoms with van der Waals surface area (Å²) in [5.41, 5.74) is 2.72. The third-order valence-corrected chi connectivity index (χ3v) is 3.38. The number of halogens is 2. The summed E-state index contributed by atoms with van der Waals surface area (Å²) in [7, 11) is 0. The van der Waals surface area contributed by atoms with Crippen LogP contribution in [0.15, 0.2) is 22.7 Å². The van der Waals surface area contributed by atoms with Gasteiger partial charge in [0.1, 0.15) is 6.07 Å². The lowest BCUT2D eigenvalue weighted by Gasteiger charge is -2.10. The molecule has 0 atom stereocenters. The highest BCUT2D eigenvalue weighted by atomic mass is 79.9. The topological polar surface area (TPSA) is 61.6 Å². The van der Waals surface area contributed by atoms with E-state index in [1.807, 2.05) is 13.8 Å². The van der Waals surface area contributed by atoms with Crippen molar-refractivity contribution in [3.8, 4) is 6.07 Å². The van der Waals surface area contributed by atoms with E-state index in [4.69, 9.17) is 16.9 Å². The summed E-state index contributed by atoms with van der Waals surface area (Å²) < 4.78 is 0.863. The van der Waals surface area contributed by atoms with Crippen LogP contribution in [0.25, 0.3) is 0 Å². The minimum atomic E-state index is 0.284. The molecule has 1 aromatic heterocycles. The first-order chi connectivity index (χ1) is 9.01. The van der Waals surface area contributed by atoms with Gasteiger partial charge in [-0.25, -0.2) is 9.97 Å². The second-order valence-electron chi connectivity index (χ2n) is 3.96. The molecule has 2 rings (SSSR count). The first-order valence-corrected chi connectivity index (χ1v) is 6.65. The third kappa shape index (κ3) is 3.03. The minimum Gasteiger partial charge on any atom is -0.337 e. The van der Waals surface area contributed by atoms with Gasteiger partial charge in [0, 0.05) is 4.47 Å². The molecule has 0 amide bonds. The number of nitriles is 1. The van der Waals surface area contributed by atoms with E-state index in [9.17, 15) is 0 Å². The van der Waals surface area contributed by atoms with Crippen molar-refractivity contribution in [1.82, 2.24) is 9.97 Å². The Bertz CT molecular complexity index is 679. The van der Waals surface area contributed by atoms with Crippen LogP contribution in [0.4, 0.5) is 11.5 Å². The number of nitrogens with one attached hydrogen (secondary N) is 1. The van der Waals surface area contributed by atoms with E-state index in [1.54, 1.807) is 18.2 Å². The lowest BCUT2D eigenvalue weighted by Crippen LogP contribution is -2.02. The molecular weight excluding hydrogens is 328 g/mol. The molecule has 0 radical (unpaired) electrons. The number of aryl methyl sites for hydroxylation is 2. The average Bonchev–Trinajstić information content (AvgIpc) is 2.36. The Hall–Kier alpha value is -1.64. The van der Waals surface area contributed by atoms with Crippen LogP contribution in [0.5, 0.6) is 0 Å². The molecule has 1 aromatic carbocycles. The monoisotopic (exact) mass is 336 g/mol. The van der Waals surface area contributed by atoms with Crippen molar-refractivity contribution in [2.24, 2.45) is 0 Å². The second-order valence-corrected chi connectivity index (χ2v) is 5.23. The average molecular weight is 338 g/mol. The molecule has 6 heteroatoms. The highest BCUT2D eigenvalue weighted by molar-refractivity contribution is 9.10. The Morgan fingerprint density at radius 3 is 2.63 bits per heavy atom. The van der Waals surface area contributed by atoms with E-state index in [0.717, 1.165) is 15.9 Å². The summed E-state index contributed by atoms with van der Waals surface area (Å²) in [5, 5.41) is 12.4. The first kappa shape index (κ1) is 13.8. The van der Waals surface area contributed by atoms with Gasteiger partial charge in [0.05, 0.1) is 22.6 Å². The van der Waals surface area contributed by atoms with Crippen LogP contribution in [0, 0.1) is 25.2 Å². The van der Waals surface area contributed by atoms with Crippen LogP contribution < -0.4 is 5.32 Å². The molecule has 2 aromatic rings. The predicted octanol–water partition coefficient (Wildman–Crippen LogP) is 4.12. The molecule has 0 fully saturated rings. The lowest BCUT2D eigenvalue weighted by atomic mass is 10.2. The number of benzene rings is 1. The second kappa shape index (κ2) is 5.55. The first-order valence-electron chi connectivity index (χ1n) is 5.48. The minimum absolute atomic E-state index is 0.284. The van der Waals surface area contributed by atoms with Crippen molar-refractivity contribution in [1.29, 1.82) is 5.26 Å². The Morgan fingerprint density at radius 2 is 1.95 bits per heavy atom. The van der Waals surface area contributed by atoms with Gasteiger partial charge in [0.15, 0.2) is 11.0 Å². The zero-order chi connectivity index (χ0) is 14.0. The van der Waals surface area contributed by atoms with Crippen molar-refractivity contribution in [3.05, 3.63) is 44.8 Å². The standard InChI is InChI=1S/C13H10BrClN4/c1-7-8(2)18-13(12(15)17-7)19-11-5-10(14)4-3-9(11)6-16/h3-5H,1-2H3,(H,18,19). The van der Waals surface area contributed by atoms with Gasteiger partial charge < -0.3 is 5.32 Å². The van der Waals surface area contributed by atoms with Crippen LogP contribution in [0.3, 0.4) is 0 Å².